The maximum absolute atomic E-state index is 14.7. The minimum Gasteiger partial charge on any atom is -0.369 e. The van der Waals surface area contributed by atoms with Crippen molar-refractivity contribution in [2.45, 2.75) is 75.8 Å². The number of urea groups is 1. The average Bonchev–Trinajstić information content (AvgIpc) is 3.72. The van der Waals surface area contributed by atoms with Gasteiger partial charge in [-0.3, -0.25) is 33.7 Å². The molecule has 1 aromatic carbocycles. The molecule has 1 saturated carbocycles. The number of nitrogens with two attached hydrogens (primary N) is 2. The van der Waals surface area contributed by atoms with Gasteiger partial charge in [0, 0.05) is 43.4 Å². The van der Waals surface area contributed by atoms with Crippen molar-refractivity contribution in [3.8, 4) is 0 Å². The Balaban J connectivity index is 1.58. The highest BCUT2D eigenvalue weighted by atomic mass is 35.5. The average molecular weight is 742 g/mol. The number of carbonyl (C=O) groups excluding carboxylic acids is 7. The third kappa shape index (κ3) is 10.2. The molecule has 2 atom stereocenters. The first-order valence-corrected chi connectivity index (χ1v) is 18.4. The van der Waals surface area contributed by atoms with Crippen molar-refractivity contribution < 1.29 is 33.6 Å². The van der Waals surface area contributed by atoms with Crippen molar-refractivity contribution in [2.75, 3.05) is 25.0 Å². The zero-order valence-electron chi connectivity index (χ0n) is 28.2. The summed E-state index contributed by atoms with van der Waals surface area (Å²) in [5.74, 6) is -2.76. The summed E-state index contributed by atoms with van der Waals surface area (Å²) in [5.41, 5.74) is 11.5. The van der Waals surface area contributed by atoms with E-state index in [-0.39, 0.29) is 68.8 Å². The van der Waals surface area contributed by atoms with Gasteiger partial charge in [0.25, 0.3) is 11.8 Å². The van der Waals surface area contributed by atoms with Crippen LogP contribution in [0.4, 0.5) is 10.5 Å². The minimum atomic E-state index is -1.54. The zero-order chi connectivity index (χ0) is 37.0. The number of benzene rings is 1. The zero-order valence-corrected chi connectivity index (χ0v) is 29.8. The number of hydrogen-bond donors (Lipinski definition) is 5. The van der Waals surface area contributed by atoms with E-state index in [1.165, 1.54) is 33.3 Å². The van der Waals surface area contributed by atoms with Crippen LogP contribution >= 0.6 is 22.9 Å². The van der Waals surface area contributed by atoms with E-state index < -0.39 is 41.3 Å². The van der Waals surface area contributed by atoms with Gasteiger partial charge in [0.2, 0.25) is 23.6 Å². The largest absolute Gasteiger partial charge is 0.369 e. The number of unbranched alkanes of at least 4 members (excludes halogenated alkanes) is 2. The number of carbonyl (C=O) groups is 7. The third-order valence-electron chi connectivity index (χ3n) is 9.21. The van der Waals surface area contributed by atoms with Gasteiger partial charge < -0.3 is 32.3 Å². The Kier molecular flexibility index (Phi) is 14.1. The fraction of sp³-hybridized carbons (Fsp3) is 0.457. The van der Waals surface area contributed by atoms with Gasteiger partial charge in [-0.15, -0.1) is 11.6 Å². The second-order valence-electron chi connectivity index (χ2n) is 12.6. The molecule has 0 bridgehead atoms. The van der Waals surface area contributed by atoms with Gasteiger partial charge >= 0.3 is 6.03 Å². The molecule has 2 aromatic rings. The lowest BCUT2D eigenvalue weighted by Crippen LogP contribution is -2.60. The second-order valence-corrected chi connectivity index (χ2v) is 13.7. The molecule has 1 aliphatic carbocycles. The number of halogens is 1. The summed E-state index contributed by atoms with van der Waals surface area (Å²) >= 11 is 7.30. The smallest absolute Gasteiger partial charge is 0.312 e. The summed E-state index contributed by atoms with van der Waals surface area (Å²) in [6.45, 7) is 0.703. The first kappa shape index (κ1) is 39.0. The lowest BCUT2D eigenvalue weighted by molar-refractivity contribution is -0.162. The standard InChI is InChI=1S/C35H44ClN7O7S/c36-21-23-7-9-25(10-8-23)41-31(47)26(6-4-17-40-34(38)50)43(33(49)35(32(37)48)14-5-15-35)27(24-13-19-51-22-24)20-28(44)39-16-2-1-3-18-42-29(45)11-12-30(42)46/h7-13,19,22,26-27H,1-6,14-18,20-21H2,(H2,37,48)(H,39,44)(H,41,47)(H3,38,40,50)/t26-,27+/m0/s1. The Morgan fingerprint density at radius 3 is 2.18 bits per heavy atom. The third-order valence-corrected chi connectivity index (χ3v) is 10.2. The van der Waals surface area contributed by atoms with E-state index in [1.54, 1.807) is 41.1 Å². The van der Waals surface area contributed by atoms with Crippen molar-refractivity contribution in [3.63, 3.8) is 0 Å². The molecule has 2 aliphatic rings. The van der Waals surface area contributed by atoms with Gasteiger partial charge in [0.05, 0.1) is 12.5 Å². The van der Waals surface area contributed by atoms with Gasteiger partial charge in [0.15, 0.2) is 0 Å². The van der Waals surface area contributed by atoms with Crippen LogP contribution < -0.4 is 27.4 Å². The van der Waals surface area contributed by atoms with E-state index in [1.807, 2.05) is 0 Å². The maximum Gasteiger partial charge on any atom is 0.312 e. The van der Waals surface area contributed by atoms with Crippen LogP contribution in [0.3, 0.4) is 0 Å². The first-order chi connectivity index (χ1) is 24.5. The number of anilines is 1. The summed E-state index contributed by atoms with van der Waals surface area (Å²) in [7, 11) is 0. The van der Waals surface area contributed by atoms with Crippen LogP contribution in [0.25, 0.3) is 0 Å². The molecule has 8 amide bonds. The fourth-order valence-electron chi connectivity index (χ4n) is 6.19. The fourth-order valence-corrected chi connectivity index (χ4v) is 7.08. The van der Waals surface area contributed by atoms with E-state index in [4.69, 9.17) is 23.1 Å². The van der Waals surface area contributed by atoms with Gasteiger partial charge in [-0.05, 0) is 85.0 Å². The Labute approximate surface area is 305 Å². The molecule has 0 unspecified atom stereocenters. The van der Waals surface area contributed by atoms with E-state index in [2.05, 4.69) is 16.0 Å². The highest BCUT2D eigenvalue weighted by Crippen LogP contribution is 2.45. The van der Waals surface area contributed by atoms with Crippen LogP contribution in [0.1, 0.15) is 75.0 Å². The number of thiophene rings is 1. The second kappa shape index (κ2) is 18.5. The van der Waals surface area contributed by atoms with E-state index >= 15 is 0 Å². The molecule has 1 aliphatic heterocycles. The molecular formula is C35H44ClN7O7S. The van der Waals surface area contributed by atoms with Crippen molar-refractivity contribution in [1.82, 2.24) is 20.4 Å². The number of hydrogen-bond acceptors (Lipinski definition) is 8. The van der Waals surface area contributed by atoms with Crippen LogP contribution in [0.15, 0.2) is 53.2 Å². The Morgan fingerprint density at radius 1 is 0.922 bits per heavy atom. The number of amides is 8. The van der Waals surface area contributed by atoms with Gasteiger partial charge in [-0.25, -0.2) is 4.79 Å². The Bertz CT molecular complexity index is 1590. The normalized spacial score (nSPS) is 15.8. The van der Waals surface area contributed by atoms with Crippen LogP contribution in [-0.2, 0) is 34.6 Å². The first-order valence-electron chi connectivity index (χ1n) is 16.9. The molecule has 0 saturated heterocycles. The molecule has 51 heavy (non-hydrogen) atoms. The molecule has 0 radical (unpaired) electrons. The summed E-state index contributed by atoms with van der Waals surface area (Å²) < 4.78 is 0. The van der Waals surface area contributed by atoms with Gasteiger partial charge in [-0.1, -0.05) is 18.6 Å². The summed E-state index contributed by atoms with van der Waals surface area (Å²) in [6.07, 6.45) is 5.37. The van der Waals surface area contributed by atoms with Crippen LogP contribution in [-0.4, -0.2) is 77.0 Å². The number of primary amides is 2. The lowest BCUT2D eigenvalue weighted by atomic mass is 9.66. The highest BCUT2D eigenvalue weighted by Gasteiger charge is 2.54. The summed E-state index contributed by atoms with van der Waals surface area (Å²) in [6, 6.07) is 5.79. The quantitative estimate of drug-likeness (QED) is 0.0591. The molecule has 274 valence electrons. The lowest BCUT2D eigenvalue weighted by Gasteiger charge is -2.46. The molecule has 1 fully saturated rings. The molecule has 0 spiro atoms. The molecule has 14 nitrogen and oxygen atoms in total. The van der Waals surface area contributed by atoms with Gasteiger partial charge in [-0.2, -0.15) is 11.3 Å². The predicted molar refractivity (Wildman–Crippen MR) is 192 cm³/mol. The van der Waals surface area contributed by atoms with Crippen molar-refractivity contribution in [3.05, 3.63) is 64.4 Å². The van der Waals surface area contributed by atoms with Crippen molar-refractivity contribution in [1.29, 1.82) is 0 Å². The van der Waals surface area contributed by atoms with Crippen LogP contribution in [0.2, 0.25) is 0 Å². The number of rotatable bonds is 20. The molecule has 7 N–H and O–H groups in total. The Hall–Kier alpha value is -4.76. The molecule has 2 heterocycles. The summed E-state index contributed by atoms with van der Waals surface area (Å²) in [4.78, 5) is 92.8. The number of nitrogens with zero attached hydrogens (tertiary/aromatic N) is 2. The molecule has 16 heteroatoms. The maximum atomic E-state index is 14.7. The SMILES string of the molecule is NC(=O)NCCC[C@@H](C(=O)Nc1ccc(CCl)cc1)N(C(=O)C1(C(N)=O)CCC1)[C@H](CC(=O)NCCCCCN1C(=O)C=CC1=O)c1ccsc1. The molecule has 1 aromatic heterocycles. The van der Waals surface area contributed by atoms with E-state index in [9.17, 15) is 33.6 Å². The van der Waals surface area contributed by atoms with Gasteiger partial charge in [0.1, 0.15) is 11.5 Å². The number of imide groups is 1. The Morgan fingerprint density at radius 2 is 1.61 bits per heavy atom. The van der Waals surface area contributed by atoms with Crippen molar-refractivity contribution in [2.24, 2.45) is 16.9 Å². The highest BCUT2D eigenvalue weighted by molar-refractivity contribution is 7.08. The molecule has 4 rings (SSSR count). The van der Waals surface area contributed by atoms with Crippen LogP contribution in [0, 0.1) is 5.41 Å². The monoisotopic (exact) mass is 741 g/mol. The minimum absolute atomic E-state index is 0.0618. The van der Waals surface area contributed by atoms with Crippen LogP contribution in [0.5, 0.6) is 0 Å². The molecular weight excluding hydrogens is 698 g/mol. The van der Waals surface area contributed by atoms with Crippen molar-refractivity contribution >= 4 is 70.1 Å². The van der Waals surface area contributed by atoms with E-state index in [0.717, 1.165) is 5.56 Å². The van der Waals surface area contributed by atoms with E-state index in [0.29, 0.717) is 43.5 Å². The topological polar surface area (TPSA) is 214 Å². The number of alkyl halides is 1. The predicted octanol–water partition coefficient (Wildman–Crippen LogP) is 3.07. The summed E-state index contributed by atoms with van der Waals surface area (Å²) in [5, 5.41) is 11.9. The number of nitrogens with one attached hydrogen (secondary N) is 3.